The lowest BCUT2D eigenvalue weighted by molar-refractivity contribution is -0.121. The Bertz CT molecular complexity index is 126. The van der Waals surface area contributed by atoms with Crippen LogP contribution in [0.3, 0.4) is 0 Å². The molecule has 1 atom stereocenters. The fourth-order valence-electron chi connectivity index (χ4n) is 0.795. The Labute approximate surface area is 74.9 Å². The summed E-state index contributed by atoms with van der Waals surface area (Å²) in [6.45, 7) is 4.85. The van der Waals surface area contributed by atoms with Crippen molar-refractivity contribution in [3.63, 3.8) is 0 Å². The molecule has 0 aromatic carbocycles. The highest BCUT2D eigenvalue weighted by Crippen LogP contribution is 1.92. The van der Waals surface area contributed by atoms with Crippen LogP contribution < -0.4 is 10.6 Å². The molecule has 0 aromatic rings. The number of carbonyl (C=O) groups excluding carboxylic acids is 1. The molecule has 0 aliphatic heterocycles. The van der Waals surface area contributed by atoms with Crippen LogP contribution in [0.4, 0.5) is 0 Å². The molecular weight excluding hydrogens is 152 g/mol. The number of likely N-dealkylation sites (N-methyl/N-ethyl adjacent to an activating group) is 1. The van der Waals surface area contributed by atoms with Gasteiger partial charge in [-0.3, -0.25) is 4.79 Å². The van der Waals surface area contributed by atoms with Crippen molar-refractivity contribution >= 4 is 5.91 Å². The average molecular weight is 172 g/mol. The highest BCUT2D eigenvalue weighted by Gasteiger charge is 2.01. The Morgan fingerprint density at radius 2 is 2.17 bits per heavy atom. The van der Waals surface area contributed by atoms with Crippen LogP contribution in [0.2, 0.25) is 0 Å². The first-order valence-electron chi connectivity index (χ1n) is 4.64. The second-order valence-electron chi connectivity index (χ2n) is 3.10. The Morgan fingerprint density at radius 1 is 1.50 bits per heavy atom. The first-order valence-corrected chi connectivity index (χ1v) is 4.64. The van der Waals surface area contributed by atoms with Gasteiger partial charge in [0.15, 0.2) is 0 Å². The molecule has 0 bridgehead atoms. The Morgan fingerprint density at radius 3 is 2.67 bits per heavy atom. The van der Waals surface area contributed by atoms with Crippen molar-refractivity contribution in [2.75, 3.05) is 13.6 Å². The van der Waals surface area contributed by atoms with Crippen LogP contribution in [-0.4, -0.2) is 25.5 Å². The molecule has 1 amide bonds. The van der Waals surface area contributed by atoms with Crippen LogP contribution in [0.5, 0.6) is 0 Å². The summed E-state index contributed by atoms with van der Waals surface area (Å²) in [7, 11) is 1.89. The summed E-state index contributed by atoms with van der Waals surface area (Å²) in [6, 6.07) is 0.357. The van der Waals surface area contributed by atoms with Gasteiger partial charge in [-0.25, -0.2) is 0 Å². The molecule has 0 radical (unpaired) electrons. The molecule has 0 spiro atoms. The zero-order valence-corrected chi connectivity index (χ0v) is 8.31. The standard InChI is InChI=1S/C9H20N2O/c1-4-5-6-9(12)11-7-8(2)10-3/h8,10H,4-7H2,1-3H3,(H,11,12). The smallest absolute Gasteiger partial charge is 0.220 e. The van der Waals surface area contributed by atoms with Gasteiger partial charge in [-0.1, -0.05) is 13.3 Å². The molecule has 72 valence electrons. The summed E-state index contributed by atoms with van der Waals surface area (Å²) in [5, 5.41) is 5.93. The second-order valence-corrected chi connectivity index (χ2v) is 3.10. The quantitative estimate of drug-likeness (QED) is 0.625. The zero-order valence-electron chi connectivity index (χ0n) is 8.31. The lowest BCUT2D eigenvalue weighted by atomic mass is 10.2. The molecular formula is C9H20N2O. The number of hydrogen-bond acceptors (Lipinski definition) is 2. The van der Waals surface area contributed by atoms with E-state index in [0.29, 0.717) is 12.5 Å². The number of hydrogen-bond donors (Lipinski definition) is 2. The molecule has 0 rings (SSSR count). The molecule has 0 heterocycles. The molecule has 12 heavy (non-hydrogen) atoms. The number of nitrogens with one attached hydrogen (secondary N) is 2. The van der Waals surface area contributed by atoms with E-state index in [1.807, 2.05) is 14.0 Å². The Kier molecular flexibility index (Phi) is 6.76. The third-order valence-corrected chi connectivity index (χ3v) is 1.86. The third kappa shape index (κ3) is 6.16. The monoisotopic (exact) mass is 172 g/mol. The molecule has 0 saturated heterocycles. The summed E-state index contributed by atoms with van der Waals surface area (Å²) in [5.41, 5.74) is 0. The summed E-state index contributed by atoms with van der Waals surface area (Å²) < 4.78 is 0. The minimum atomic E-state index is 0.166. The van der Waals surface area contributed by atoms with Gasteiger partial charge in [0.1, 0.15) is 0 Å². The van der Waals surface area contributed by atoms with Gasteiger partial charge >= 0.3 is 0 Å². The fourth-order valence-corrected chi connectivity index (χ4v) is 0.795. The van der Waals surface area contributed by atoms with Gasteiger partial charge in [0.2, 0.25) is 5.91 Å². The van der Waals surface area contributed by atoms with E-state index < -0.39 is 0 Å². The van der Waals surface area contributed by atoms with Gasteiger partial charge in [-0.15, -0.1) is 0 Å². The third-order valence-electron chi connectivity index (χ3n) is 1.86. The topological polar surface area (TPSA) is 41.1 Å². The van der Waals surface area contributed by atoms with Gasteiger partial charge in [-0.2, -0.15) is 0 Å². The van der Waals surface area contributed by atoms with Gasteiger partial charge in [0, 0.05) is 19.0 Å². The molecule has 0 saturated carbocycles. The SMILES string of the molecule is CCCCC(=O)NCC(C)NC. The van der Waals surface area contributed by atoms with E-state index in [1.54, 1.807) is 0 Å². The van der Waals surface area contributed by atoms with Gasteiger partial charge in [0.25, 0.3) is 0 Å². The van der Waals surface area contributed by atoms with Crippen molar-refractivity contribution < 1.29 is 4.79 Å². The van der Waals surface area contributed by atoms with Crippen molar-refractivity contribution in [2.24, 2.45) is 0 Å². The van der Waals surface area contributed by atoms with E-state index in [2.05, 4.69) is 17.6 Å². The maximum atomic E-state index is 11.1. The first kappa shape index (κ1) is 11.4. The highest BCUT2D eigenvalue weighted by atomic mass is 16.1. The van der Waals surface area contributed by atoms with E-state index in [4.69, 9.17) is 0 Å². The summed E-state index contributed by atoms with van der Waals surface area (Å²) in [5.74, 6) is 0.166. The molecule has 1 unspecified atom stereocenters. The van der Waals surface area contributed by atoms with Gasteiger partial charge in [0.05, 0.1) is 0 Å². The average Bonchev–Trinajstić information content (AvgIpc) is 2.10. The van der Waals surface area contributed by atoms with Crippen molar-refractivity contribution in [2.45, 2.75) is 39.2 Å². The van der Waals surface area contributed by atoms with E-state index in [-0.39, 0.29) is 5.91 Å². The normalized spacial score (nSPS) is 12.6. The molecule has 0 fully saturated rings. The van der Waals surface area contributed by atoms with Crippen LogP contribution >= 0.6 is 0 Å². The van der Waals surface area contributed by atoms with Crippen LogP contribution in [0.25, 0.3) is 0 Å². The number of rotatable bonds is 6. The van der Waals surface area contributed by atoms with E-state index in [9.17, 15) is 4.79 Å². The maximum absolute atomic E-state index is 11.1. The lowest BCUT2D eigenvalue weighted by Crippen LogP contribution is -2.37. The lowest BCUT2D eigenvalue weighted by Gasteiger charge is -2.10. The minimum absolute atomic E-state index is 0.166. The van der Waals surface area contributed by atoms with Crippen molar-refractivity contribution in [3.05, 3.63) is 0 Å². The Hall–Kier alpha value is -0.570. The fraction of sp³-hybridized carbons (Fsp3) is 0.889. The van der Waals surface area contributed by atoms with Crippen molar-refractivity contribution in [1.82, 2.24) is 10.6 Å². The summed E-state index contributed by atoms with van der Waals surface area (Å²) >= 11 is 0. The molecule has 3 nitrogen and oxygen atoms in total. The minimum Gasteiger partial charge on any atom is -0.355 e. The maximum Gasteiger partial charge on any atom is 0.220 e. The van der Waals surface area contributed by atoms with E-state index >= 15 is 0 Å². The van der Waals surface area contributed by atoms with E-state index in [0.717, 1.165) is 19.4 Å². The van der Waals surface area contributed by atoms with E-state index in [1.165, 1.54) is 0 Å². The number of amides is 1. The van der Waals surface area contributed by atoms with Gasteiger partial charge < -0.3 is 10.6 Å². The summed E-state index contributed by atoms with van der Waals surface area (Å²) in [4.78, 5) is 11.1. The van der Waals surface area contributed by atoms with Crippen molar-refractivity contribution in [3.8, 4) is 0 Å². The Balaban J connectivity index is 3.31. The number of carbonyl (C=O) groups is 1. The van der Waals surface area contributed by atoms with Crippen LogP contribution in [0.1, 0.15) is 33.1 Å². The van der Waals surface area contributed by atoms with Crippen LogP contribution in [-0.2, 0) is 4.79 Å². The largest absolute Gasteiger partial charge is 0.355 e. The summed E-state index contributed by atoms with van der Waals surface area (Å²) in [6.07, 6.45) is 2.72. The molecule has 2 N–H and O–H groups in total. The molecule has 0 aliphatic rings. The predicted molar refractivity (Wildman–Crippen MR) is 51.1 cm³/mol. The van der Waals surface area contributed by atoms with Crippen LogP contribution in [0.15, 0.2) is 0 Å². The zero-order chi connectivity index (χ0) is 9.40. The molecule has 0 aliphatic carbocycles. The number of unbranched alkanes of at least 4 members (excludes halogenated alkanes) is 1. The molecule has 3 heteroatoms. The van der Waals surface area contributed by atoms with Crippen LogP contribution in [0, 0.1) is 0 Å². The van der Waals surface area contributed by atoms with Crippen molar-refractivity contribution in [1.29, 1.82) is 0 Å². The highest BCUT2D eigenvalue weighted by molar-refractivity contribution is 5.75. The first-order chi connectivity index (χ1) is 5.70. The van der Waals surface area contributed by atoms with Gasteiger partial charge in [-0.05, 0) is 20.4 Å². The molecule has 0 aromatic heterocycles. The second kappa shape index (κ2) is 7.10. The predicted octanol–water partition coefficient (Wildman–Crippen LogP) is 0.901.